The van der Waals surface area contributed by atoms with Crippen LogP contribution in [0.25, 0.3) is 0 Å². The quantitative estimate of drug-likeness (QED) is 0.598. The first-order chi connectivity index (χ1) is 4.70. The van der Waals surface area contributed by atoms with Crippen molar-refractivity contribution in [1.29, 1.82) is 0 Å². The van der Waals surface area contributed by atoms with E-state index in [0.717, 1.165) is 0 Å². The highest BCUT2D eigenvalue weighted by atomic mass is 16.6. The maximum atomic E-state index is 10.5. The van der Waals surface area contributed by atoms with Crippen LogP contribution in [0.1, 0.15) is 13.8 Å². The zero-order chi connectivity index (χ0) is 7.98. The zero-order valence-electron chi connectivity index (χ0n) is 6.51. The SMILES string of the molecule is CCOC(C)NC(=O)OC. The van der Waals surface area contributed by atoms with Crippen LogP contribution in [0.3, 0.4) is 0 Å². The topological polar surface area (TPSA) is 47.6 Å². The average Bonchev–Trinajstić information content (AvgIpc) is 1.88. The molecular formula is C6H13NO3. The molecule has 0 bridgehead atoms. The molecule has 0 aliphatic heterocycles. The molecule has 1 unspecified atom stereocenters. The Morgan fingerprint density at radius 1 is 1.70 bits per heavy atom. The molecule has 0 rings (SSSR count). The van der Waals surface area contributed by atoms with Crippen LogP contribution in [0.5, 0.6) is 0 Å². The van der Waals surface area contributed by atoms with Crippen molar-refractivity contribution in [1.82, 2.24) is 5.32 Å². The monoisotopic (exact) mass is 147 g/mol. The number of ether oxygens (including phenoxy) is 2. The number of carbonyl (C=O) groups is 1. The Balaban J connectivity index is 3.37. The van der Waals surface area contributed by atoms with Gasteiger partial charge >= 0.3 is 6.09 Å². The number of hydrogen-bond donors (Lipinski definition) is 1. The lowest BCUT2D eigenvalue weighted by Crippen LogP contribution is -2.34. The number of amides is 1. The Morgan fingerprint density at radius 2 is 2.30 bits per heavy atom. The standard InChI is InChI=1S/C6H13NO3/c1-4-10-5(2)7-6(8)9-3/h5H,4H2,1-3H3,(H,7,8). The molecular weight excluding hydrogens is 134 g/mol. The largest absolute Gasteiger partial charge is 0.453 e. The molecule has 0 spiro atoms. The van der Waals surface area contributed by atoms with Crippen LogP contribution < -0.4 is 5.32 Å². The highest BCUT2D eigenvalue weighted by Crippen LogP contribution is 1.84. The molecule has 10 heavy (non-hydrogen) atoms. The summed E-state index contributed by atoms with van der Waals surface area (Å²) in [5, 5.41) is 2.45. The highest BCUT2D eigenvalue weighted by Gasteiger charge is 2.03. The van der Waals surface area contributed by atoms with Gasteiger partial charge in [-0.15, -0.1) is 0 Å². The molecule has 4 heteroatoms. The lowest BCUT2D eigenvalue weighted by molar-refractivity contribution is 0.0489. The van der Waals surface area contributed by atoms with Gasteiger partial charge < -0.3 is 9.47 Å². The summed E-state index contributed by atoms with van der Waals surface area (Å²) in [6, 6.07) is 0. The van der Waals surface area contributed by atoms with Crippen molar-refractivity contribution >= 4 is 6.09 Å². The summed E-state index contributed by atoms with van der Waals surface area (Å²) in [5.41, 5.74) is 0. The first kappa shape index (κ1) is 9.23. The average molecular weight is 147 g/mol. The third-order valence-electron chi connectivity index (χ3n) is 0.923. The summed E-state index contributed by atoms with van der Waals surface area (Å²) in [5.74, 6) is 0. The summed E-state index contributed by atoms with van der Waals surface area (Å²) >= 11 is 0. The van der Waals surface area contributed by atoms with Crippen LogP contribution in [0.4, 0.5) is 4.79 Å². The van der Waals surface area contributed by atoms with Crippen LogP contribution >= 0.6 is 0 Å². The fourth-order valence-corrected chi connectivity index (χ4v) is 0.517. The van der Waals surface area contributed by atoms with Crippen molar-refractivity contribution in [2.24, 2.45) is 0 Å². The van der Waals surface area contributed by atoms with Crippen molar-refractivity contribution in [2.45, 2.75) is 20.1 Å². The molecule has 0 fully saturated rings. The van der Waals surface area contributed by atoms with E-state index < -0.39 is 6.09 Å². The van der Waals surface area contributed by atoms with E-state index in [4.69, 9.17) is 4.74 Å². The molecule has 60 valence electrons. The summed E-state index contributed by atoms with van der Waals surface area (Å²) in [4.78, 5) is 10.5. The van der Waals surface area contributed by atoms with Gasteiger partial charge in [-0.25, -0.2) is 4.79 Å². The van der Waals surface area contributed by atoms with E-state index in [2.05, 4.69) is 10.1 Å². The minimum atomic E-state index is -0.471. The maximum absolute atomic E-state index is 10.5. The van der Waals surface area contributed by atoms with E-state index in [1.807, 2.05) is 6.92 Å². The highest BCUT2D eigenvalue weighted by molar-refractivity contribution is 5.66. The molecule has 0 saturated heterocycles. The lowest BCUT2D eigenvalue weighted by Gasteiger charge is -2.11. The number of methoxy groups -OCH3 is 1. The third-order valence-corrected chi connectivity index (χ3v) is 0.923. The van der Waals surface area contributed by atoms with Gasteiger partial charge in [0, 0.05) is 6.61 Å². The van der Waals surface area contributed by atoms with Gasteiger partial charge in [0.15, 0.2) is 0 Å². The molecule has 0 aliphatic carbocycles. The smallest absolute Gasteiger partial charge is 0.408 e. The van der Waals surface area contributed by atoms with Gasteiger partial charge in [-0.2, -0.15) is 0 Å². The van der Waals surface area contributed by atoms with Gasteiger partial charge in [-0.05, 0) is 13.8 Å². The maximum Gasteiger partial charge on any atom is 0.408 e. The van der Waals surface area contributed by atoms with Crippen molar-refractivity contribution in [3.05, 3.63) is 0 Å². The molecule has 0 heterocycles. The Morgan fingerprint density at radius 3 is 2.70 bits per heavy atom. The Labute approximate surface area is 60.5 Å². The predicted octanol–water partition coefficient (Wildman–Crippen LogP) is 0.725. The molecule has 1 amide bonds. The molecule has 0 aliphatic rings. The van der Waals surface area contributed by atoms with E-state index in [1.165, 1.54) is 7.11 Å². The van der Waals surface area contributed by atoms with E-state index in [9.17, 15) is 4.79 Å². The molecule has 1 N–H and O–H groups in total. The van der Waals surface area contributed by atoms with Crippen LogP contribution in [0.15, 0.2) is 0 Å². The minimum Gasteiger partial charge on any atom is -0.453 e. The minimum absolute atomic E-state index is 0.280. The molecule has 0 aromatic carbocycles. The van der Waals surface area contributed by atoms with Gasteiger partial charge in [0.05, 0.1) is 7.11 Å². The number of nitrogens with one attached hydrogen (secondary N) is 1. The second-order valence-electron chi connectivity index (χ2n) is 1.73. The van der Waals surface area contributed by atoms with Crippen molar-refractivity contribution in [3.63, 3.8) is 0 Å². The number of carbonyl (C=O) groups excluding carboxylic acids is 1. The van der Waals surface area contributed by atoms with Crippen LogP contribution in [-0.4, -0.2) is 26.0 Å². The van der Waals surface area contributed by atoms with E-state index in [0.29, 0.717) is 6.61 Å². The van der Waals surface area contributed by atoms with E-state index in [1.54, 1.807) is 6.92 Å². The van der Waals surface area contributed by atoms with Crippen LogP contribution in [0, 0.1) is 0 Å². The fraction of sp³-hybridized carbons (Fsp3) is 0.833. The van der Waals surface area contributed by atoms with Crippen molar-refractivity contribution in [2.75, 3.05) is 13.7 Å². The first-order valence-corrected chi connectivity index (χ1v) is 3.16. The number of rotatable bonds is 3. The van der Waals surface area contributed by atoms with Crippen LogP contribution in [-0.2, 0) is 9.47 Å². The fourth-order valence-electron chi connectivity index (χ4n) is 0.517. The van der Waals surface area contributed by atoms with Crippen molar-refractivity contribution in [3.8, 4) is 0 Å². The summed E-state index contributed by atoms with van der Waals surface area (Å²) < 4.78 is 9.34. The van der Waals surface area contributed by atoms with E-state index >= 15 is 0 Å². The second kappa shape index (κ2) is 5.05. The normalized spacial score (nSPS) is 12.3. The van der Waals surface area contributed by atoms with E-state index in [-0.39, 0.29) is 6.23 Å². The molecule has 0 aromatic rings. The Kier molecular flexibility index (Phi) is 4.66. The summed E-state index contributed by atoms with van der Waals surface area (Å²) in [7, 11) is 1.31. The molecule has 0 radical (unpaired) electrons. The van der Waals surface area contributed by atoms with Gasteiger partial charge in [-0.1, -0.05) is 0 Å². The van der Waals surface area contributed by atoms with Crippen molar-refractivity contribution < 1.29 is 14.3 Å². The zero-order valence-corrected chi connectivity index (χ0v) is 6.51. The van der Waals surface area contributed by atoms with Gasteiger partial charge in [-0.3, -0.25) is 5.32 Å². The Hall–Kier alpha value is -0.770. The third kappa shape index (κ3) is 4.14. The number of hydrogen-bond acceptors (Lipinski definition) is 3. The van der Waals surface area contributed by atoms with Gasteiger partial charge in [0.1, 0.15) is 6.23 Å². The molecule has 0 aromatic heterocycles. The molecule has 4 nitrogen and oxygen atoms in total. The predicted molar refractivity (Wildman–Crippen MR) is 36.6 cm³/mol. The molecule has 0 saturated carbocycles. The molecule has 1 atom stereocenters. The van der Waals surface area contributed by atoms with Crippen LogP contribution in [0.2, 0.25) is 0 Å². The number of alkyl carbamates (subject to hydrolysis) is 1. The lowest BCUT2D eigenvalue weighted by atomic mass is 10.6. The summed E-state index contributed by atoms with van der Waals surface area (Å²) in [6.45, 7) is 4.17. The van der Waals surface area contributed by atoms with Gasteiger partial charge in [0.25, 0.3) is 0 Å². The van der Waals surface area contributed by atoms with Gasteiger partial charge in [0.2, 0.25) is 0 Å². The Bertz CT molecular complexity index is 105. The second-order valence-corrected chi connectivity index (χ2v) is 1.73. The first-order valence-electron chi connectivity index (χ1n) is 3.16. The summed E-state index contributed by atoms with van der Waals surface area (Å²) in [6.07, 6.45) is -0.751.